The average Bonchev–Trinajstić information content (AvgIpc) is 3.24. The predicted octanol–water partition coefficient (Wildman–Crippen LogP) is 16.7. The third-order valence-electron chi connectivity index (χ3n) is 11.1. The van der Waals surface area contributed by atoms with Gasteiger partial charge in [-0.3, -0.25) is 14.4 Å². The molecule has 1 atom stereocenters. The normalized spacial score (nSPS) is 12.4. The topological polar surface area (TPSA) is 78.9 Å². The highest BCUT2D eigenvalue weighted by molar-refractivity contribution is 5.71. The highest BCUT2D eigenvalue weighted by atomic mass is 16.6. The number of esters is 3. The third-order valence-corrected chi connectivity index (χ3v) is 11.1. The van der Waals surface area contributed by atoms with Gasteiger partial charge in [0, 0.05) is 19.3 Å². The first-order chi connectivity index (χ1) is 29.5. The molecule has 0 saturated carbocycles. The van der Waals surface area contributed by atoms with Gasteiger partial charge in [0.2, 0.25) is 0 Å². The number of carbonyl (C=O) groups excluding carboxylic acids is 3. The van der Waals surface area contributed by atoms with Crippen molar-refractivity contribution >= 4 is 17.9 Å². The molecule has 0 aromatic rings. The average molecular weight is 841 g/mol. The van der Waals surface area contributed by atoms with E-state index < -0.39 is 6.10 Å². The van der Waals surface area contributed by atoms with E-state index >= 15 is 0 Å². The largest absolute Gasteiger partial charge is 0.462 e. The molecule has 0 aromatic carbocycles. The van der Waals surface area contributed by atoms with Crippen molar-refractivity contribution in [1.82, 2.24) is 0 Å². The Morgan fingerprint density at radius 3 is 0.983 bits per heavy atom. The molecule has 0 aromatic heterocycles. The molecule has 0 bridgehead atoms. The Labute approximate surface area is 371 Å². The van der Waals surface area contributed by atoms with Crippen molar-refractivity contribution in [3.63, 3.8) is 0 Å². The van der Waals surface area contributed by atoms with Gasteiger partial charge in [0.25, 0.3) is 0 Å². The van der Waals surface area contributed by atoms with E-state index in [9.17, 15) is 14.4 Å². The van der Waals surface area contributed by atoms with Gasteiger partial charge in [-0.05, 0) is 77.0 Å². The minimum Gasteiger partial charge on any atom is -0.462 e. The first-order valence-electron chi connectivity index (χ1n) is 25.6. The van der Waals surface area contributed by atoms with Crippen LogP contribution in [0, 0.1) is 0 Å². The number of hydrogen-bond donors (Lipinski definition) is 0. The summed E-state index contributed by atoms with van der Waals surface area (Å²) in [6.07, 6.45) is 58.0. The van der Waals surface area contributed by atoms with Crippen molar-refractivity contribution in [3.05, 3.63) is 48.6 Å². The number of ether oxygens (including phenoxy) is 3. The van der Waals surface area contributed by atoms with Gasteiger partial charge in [-0.1, -0.05) is 211 Å². The van der Waals surface area contributed by atoms with Gasteiger partial charge in [-0.25, -0.2) is 0 Å². The van der Waals surface area contributed by atoms with Gasteiger partial charge in [-0.2, -0.15) is 0 Å². The van der Waals surface area contributed by atoms with E-state index in [1.807, 2.05) is 0 Å². The SMILES string of the molecule is CCCC/C=C\C/C=C\CCCCCCCC(=O)OC(COC(=O)CCCCCCCCC/C=C\C/C=C\CCCCCC)COC(=O)CCCCCCCCCCCC. The minimum atomic E-state index is -0.780. The lowest BCUT2D eigenvalue weighted by Crippen LogP contribution is -2.30. The third kappa shape index (κ3) is 46.4. The zero-order valence-corrected chi connectivity index (χ0v) is 39.7. The summed E-state index contributed by atoms with van der Waals surface area (Å²) in [5, 5.41) is 0. The maximum Gasteiger partial charge on any atom is 0.306 e. The van der Waals surface area contributed by atoms with Crippen LogP contribution in [-0.2, 0) is 28.6 Å². The quantitative estimate of drug-likeness (QED) is 0.0263. The van der Waals surface area contributed by atoms with Crippen LogP contribution in [0.15, 0.2) is 48.6 Å². The smallest absolute Gasteiger partial charge is 0.306 e. The summed E-state index contributed by atoms with van der Waals surface area (Å²) in [6.45, 7) is 6.56. The Kier molecular flexibility index (Phi) is 46.9. The summed E-state index contributed by atoms with van der Waals surface area (Å²) >= 11 is 0. The second-order valence-electron chi connectivity index (χ2n) is 17.1. The molecule has 6 nitrogen and oxygen atoms in total. The van der Waals surface area contributed by atoms with E-state index in [2.05, 4.69) is 69.4 Å². The fraction of sp³-hybridized carbons (Fsp3) is 0.796. The van der Waals surface area contributed by atoms with Crippen molar-refractivity contribution in [2.45, 2.75) is 264 Å². The van der Waals surface area contributed by atoms with Crippen LogP contribution in [-0.4, -0.2) is 37.2 Å². The zero-order valence-electron chi connectivity index (χ0n) is 39.7. The molecule has 0 aliphatic carbocycles. The lowest BCUT2D eigenvalue weighted by atomic mass is 10.1. The lowest BCUT2D eigenvalue weighted by Gasteiger charge is -2.18. The van der Waals surface area contributed by atoms with Crippen molar-refractivity contribution in [1.29, 1.82) is 0 Å². The van der Waals surface area contributed by atoms with E-state index in [0.29, 0.717) is 19.3 Å². The standard InChI is InChI=1S/C54H96O6/c1-4-7-10-13-16-19-22-24-26-27-28-29-31-32-35-38-41-44-47-53(56)59-50-51(49-58-52(55)46-43-40-37-34-21-18-15-12-9-6-3)60-54(57)48-45-42-39-36-33-30-25-23-20-17-14-11-8-5-2/h14,17,19,22-23,25-27,51H,4-13,15-16,18,20-21,24,28-50H2,1-3H3/b17-14-,22-19-,25-23-,27-26-. The van der Waals surface area contributed by atoms with Gasteiger partial charge >= 0.3 is 17.9 Å². The van der Waals surface area contributed by atoms with Gasteiger partial charge in [0.1, 0.15) is 13.2 Å². The Balaban J connectivity index is 4.35. The Bertz CT molecular complexity index is 1060. The molecule has 0 rings (SSSR count). The van der Waals surface area contributed by atoms with Crippen LogP contribution < -0.4 is 0 Å². The van der Waals surface area contributed by atoms with Gasteiger partial charge in [0.15, 0.2) is 6.10 Å². The van der Waals surface area contributed by atoms with Gasteiger partial charge in [-0.15, -0.1) is 0 Å². The molecule has 0 saturated heterocycles. The summed E-state index contributed by atoms with van der Waals surface area (Å²) in [5.41, 5.74) is 0. The van der Waals surface area contributed by atoms with Gasteiger partial charge in [0.05, 0.1) is 0 Å². The molecule has 0 aliphatic heterocycles. The summed E-state index contributed by atoms with van der Waals surface area (Å²) in [5.74, 6) is -0.898. The predicted molar refractivity (Wildman–Crippen MR) is 256 cm³/mol. The molecule has 1 unspecified atom stereocenters. The molecule has 0 heterocycles. The minimum absolute atomic E-state index is 0.0797. The number of allylic oxidation sites excluding steroid dienone is 8. The molecule has 0 radical (unpaired) electrons. The van der Waals surface area contributed by atoms with E-state index in [-0.39, 0.29) is 31.1 Å². The molecule has 60 heavy (non-hydrogen) atoms. The fourth-order valence-electron chi connectivity index (χ4n) is 7.14. The van der Waals surface area contributed by atoms with Crippen LogP contribution in [0.5, 0.6) is 0 Å². The maximum atomic E-state index is 12.8. The van der Waals surface area contributed by atoms with E-state index in [1.54, 1.807) is 0 Å². The molecular weight excluding hydrogens is 745 g/mol. The molecule has 348 valence electrons. The van der Waals surface area contributed by atoms with Crippen molar-refractivity contribution in [3.8, 4) is 0 Å². The first kappa shape index (κ1) is 57.4. The monoisotopic (exact) mass is 841 g/mol. The highest BCUT2D eigenvalue weighted by Gasteiger charge is 2.19. The molecule has 0 spiro atoms. The van der Waals surface area contributed by atoms with E-state index in [0.717, 1.165) is 96.3 Å². The Morgan fingerprint density at radius 2 is 0.617 bits per heavy atom. The number of carbonyl (C=O) groups is 3. The molecule has 6 heteroatoms. The van der Waals surface area contributed by atoms with Crippen LogP contribution in [0.4, 0.5) is 0 Å². The van der Waals surface area contributed by atoms with Crippen molar-refractivity contribution in [2.75, 3.05) is 13.2 Å². The number of hydrogen-bond acceptors (Lipinski definition) is 6. The van der Waals surface area contributed by atoms with Crippen molar-refractivity contribution < 1.29 is 28.6 Å². The molecule has 0 N–H and O–H groups in total. The van der Waals surface area contributed by atoms with Crippen LogP contribution in [0.3, 0.4) is 0 Å². The van der Waals surface area contributed by atoms with Crippen LogP contribution in [0.1, 0.15) is 258 Å². The zero-order chi connectivity index (χ0) is 43.7. The maximum absolute atomic E-state index is 12.8. The Morgan fingerprint density at radius 1 is 0.333 bits per heavy atom. The highest BCUT2D eigenvalue weighted by Crippen LogP contribution is 2.14. The molecular formula is C54H96O6. The molecule has 0 fully saturated rings. The number of unbranched alkanes of at least 4 members (excludes halogenated alkanes) is 27. The van der Waals surface area contributed by atoms with Crippen LogP contribution in [0.25, 0.3) is 0 Å². The summed E-state index contributed by atoms with van der Waals surface area (Å²) < 4.78 is 16.8. The summed E-state index contributed by atoms with van der Waals surface area (Å²) in [6, 6.07) is 0. The Hall–Kier alpha value is -2.63. The first-order valence-corrected chi connectivity index (χ1v) is 25.6. The fourth-order valence-corrected chi connectivity index (χ4v) is 7.14. The lowest BCUT2D eigenvalue weighted by molar-refractivity contribution is -0.167. The second-order valence-corrected chi connectivity index (χ2v) is 17.1. The molecule has 0 aliphatic rings. The molecule has 0 amide bonds. The number of rotatable bonds is 46. The van der Waals surface area contributed by atoms with Gasteiger partial charge < -0.3 is 14.2 Å². The summed E-state index contributed by atoms with van der Waals surface area (Å²) in [4.78, 5) is 37.9. The van der Waals surface area contributed by atoms with Crippen LogP contribution in [0.2, 0.25) is 0 Å². The van der Waals surface area contributed by atoms with E-state index in [4.69, 9.17) is 14.2 Å². The van der Waals surface area contributed by atoms with E-state index in [1.165, 1.54) is 122 Å². The van der Waals surface area contributed by atoms with Crippen molar-refractivity contribution in [2.24, 2.45) is 0 Å². The summed E-state index contributed by atoms with van der Waals surface area (Å²) in [7, 11) is 0. The second kappa shape index (κ2) is 49.0. The van der Waals surface area contributed by atoms with Crippen LogP contribution >= 0.6 is 0 Å².